The van der Waals surface area contributed by atoms with E-state index in [2.05, 4.69) is 10.2 Å². The van der Waals surface area contributed by atoms with Gasteiger partial charge in [-0.15, -0.1) is 10.2 Å². The van der Waals surface area contributed by atoms with Crippen molar-refractivity contribution in [1.29, 1.82) is 0 Å². The number of hydrogen-bond acceptors (Lipinski definition) is 3. The highest BCUT2D eigenvalue weighted by Crippen LogP contribution is 2.39. The van der Waals surface area contributed by atoms with E-state index in [4.69, 9.17) is 5.73 Å². The van der Waals surface area contributed by atoms with Crippen molar-refractivity contribution in [3.05, 3.63) is 11.6 Å². The van der Waals surface area contributed by atoms with Crippen molar-refractivity contribution < 1.29 is 26.3 Å². The SMILES string of the molecule is CC(N)(c1nnc2n1CC(C(F)(F)F)CC2)C(F)(F)F. The van der Waals surface area contributed by atoms with Crippen LogP contribution in [-0.4, -0.2) is 27.1 Å². The zero-order valence-electron chi connectivity index (χ0n) is 10.4. The molecule has 0 spiro atoms. The minimum Gasteiger partial charge on any atom is -0.313 e. The van der Waals surface area contributed by atoms with Gasteiger partial charge in [0.15, 0.2) is 11.4 Å². The molecule has 0 fully saturated rings. The molecule has 2 heterocycles. The van der Waals surface area contributed by atoms with E-state index in [-0.39, 0.29) is 18.7 Å². The van der Waals surface area contributed by atoms with E-state index in [9.17, 15) is 26.3 Å². The van der Waals surface area contributed by atoms with Crippen LogP contribution in [0, 0.1) is 5.92 Å². The number of aromatic nitrogens is 3. The minimum absolute atomic E-state index is 0.0783. The Hall–Kier alpha value is -1.32. The van der Waals surface area contributed by atoms with Gasteiger partial charge in [0.1, 0.15) is 5.82 Å². The second kappa shape index (κ2) is 4.34. The molecule has 0 aliphatic carbocycles. The average molecular weight is 302 g/mol. The van der Waals surface area contributed by atoms with Crippen molar-refractivity contribution >= 4 is 0 Å². The Morgan fingerprint density at radius 3 is 2.25 bits per heavy atom. The predicted octanol–water partition coefficient (Wildman–Crippen LogP) is 2.14. The van der Waals surface area contributed by atoms with Gasteiger partial charge in [-0.05, 0) is 13.3 Å². The highest BCUT2D eigenvalue weighted by Gasteiger charge is 2.54. The van der Waals surface area contributed by atoms with E-state index >= 15 is 0 Å². The largest absolute Gasteiger partial charge is 0.413 e. The number of alkyl halides is 6. The number of fused-ring (bicyclic) bond motifs is 1. The maximum absolute atomic E-state index is 12.9. The van der Waals surface area contributed by atoms with E-state index < -0.39 is 36.2 Å². The normalized spacial score (nSPS) is 23.3. The highest BCUT2D eigenvalue weighted by molar-refractivity contribution is 5.12. The second-order valence-electron chi connectivity index (χ2n) is 5.03. The summed E-state index contributed by atoms with van der Waals surface area (Å²) in [6, 6.07) is 0. The van der Waals surface area contributed by atoms with Crippen molar-refractivity contribution in [2.45, 2.75) is 44.2 Å². The molecule has 4 nitrogen and oxygen atoms in total. The van der Waals surface area contributed by atoms with Crippen LogP contribution in [0.3, 0.4) is 0 Å². The molecule has 1 aromatic heterocycles. The summed E-state index contributed by atoms with van der Waals surface area (Å²) in [7, 11) is 0. The van der Waals surface area contributed by atoms with Crippen molar-refractivity contribution in [3.63, 3.8) is 0 Å². The summed E-state index contributed by atoms with van der Waals surface area (Å²) in [5, 5.41) is 6.87. The van der Waals surface area contributed by atoms with E-state index in [0.29, 0.717) is 6.92 Å². The molecule has 0 radical (unpaired) electrons. The van der Waals surface area contributed by atoms with Crippen LogP contribution in [0.1, 0.15) is 25.0 Å². The Bertz CT molecular complexity index is 501. The fourth-order valence-corrected chi connectivity index (χ4v) is 2.11. The molecule has 20 heavy (non-hydrogen) atoms. The molecule has 2 rings (SSSR count). The third-order valence-corrected chi connectivity index (χ3v) is 3.46. The molecule has 0 amide bonds. The van der Waals surface area contributed by atoms with Crippen LogP contribution in [0.2, 0.25) is 0 Å². The lowest BCUT2D eigenvalue weighted by atomic mass is 9.96. The summed E-state index contributed by atoms with van der Waals surface area (Å²) in [4.78, 5) is 0. The van der Waals surface area contributed by atoms with Gasteiger partial charge in [-0.1, -0.05) is 0 Å². The second-order valence-corrected chi connectivity index (χ2v) is 5.03. The van der Waals surface area contributed by atoms with Gasteiger partial charge in [-0.3, -0.25) is 0 Å². The Labute approximate surface area is 110 Å². The van der Waals surface area contributed by atoms with E-state index in [1.165, 1.54) is 0 Å². The van der Waals surface area contributed by atoms with Crippen LogP contribution in [0.4, 0.5) is 26.3 Å². The summed E-state index contributed by atoms with van der Waals surface area (Å²) in [5.74, 6) is -2.30. The molecule has 1 aliphatic heterocycles. The molecule has 1 aliphatic rings. The third kappa shape index (κ3) is 2.36. The zero-order chi connectivity index (χ0) is 15.3. The first kappa shape index (κ1) is 15.1. The fourth-order valence-electron chi connectivity index (χ4n) is 2.11. The van der Waals surface area contributed by atoms with E-state index in [0.717, 1.165) is 4.57 Å². The van der Waals surface area contributed by atoms with Crippen LogP contribution >= 0.6 is 0 Å². The van der Waals surface area contributed by atoms with Crippen LogP contribution in [0.15, 0.2) is 0 Å². The quantitative estimate of drug-likeness (QED) is 0.809. The molecule has 114 valence electrons. The van der Waals surface area contributed by atoms with Gasteiger partial charge >= 0.3 is 12.4 Å². The van der Waals surface area contributed by atoms with Gasteiger partial charge in [-0.2, -0.15) is 26.3 Å². The molecule has 0 saturated heterocycles. The first-order valence-corrected chi connectivity index (χ1v) is 5.79. The van der Waals surface area contributed by atoms with Crippen molar-refractivity contribution in [3.8, 4) is 0 Å². The summed E-state index contributed by atoms with van der Waals surface area (Å²) < 4.78 is 77.5. The van der Waals surface area contributed by atoms with Crippen molar-refractivity contribution in [1.82, 2.24) is 14.8 Å². The summed E-state index contributed by atoms with van der Waals surface area (Å²) >= 11 is 0. The number of nitrogens with zero attached hydrogens (tertiary/aromatic N) is 3. The standard InChI is InChI=1S/C10H12F6N4/c1-8(17,10(14,15)16)7-19-18-6-3-2-5(4-20(6)7)9(11,12)13/h5H,2-4,17H2,1H3. The molecule has 0 aromatic carbocycles. The summed E-state index contributed by atoms with van der Waals surface area (Å²) in [6.45, 7) is 0.0333. The number of halogens is 6. The number of rotatable bonds is 1. The maximum atomic E-state index is 12.9. The van der Waals surface area contributed by atoms with Crippen LogP contribution in [-0.2, 0) is 18.5 Å². The number of nitrogens with two attached hydrogens (primary N) is 1. The third-order valence-electron chi connectivity index (χ3n) is 3.46. The molecule has 2 unspecified atom stereocenters. The highest BCUT2D eigenvalue weighted by atomic mass is 19.4. The van der Waals surface area contributed by atoms with Gasteiger partial charge in [0.25, 0.3) is 0 Å². The Kier molecular flexibility index (Phi) is 3.27. The smallest absolute Gasteiger partial charge is 0.313 e. The molecule has 2 atom stereocenters. The molecule has 0 bridgehead atoms. The number of hydrogen-bond donors (Lipinski definition) is 1. The molecular weight excluding hydrogens is 290 g/mol. The fraction of sp³-hybridized carbons (Fsp3) is 0.800. The van der Waals surface area contributed by atoms with E-state index in [1.807, 2.05) is 0 Å². The monoisotopic (exact) mass is 302 g/mol. The Morgan fingerprint density at radius 1 is 1.15 bits per heavy atom. The van der Waals surface area contributed by atoms with Gasteiger partial charge < -0.3 is 10.3 Å². The van der Waals surface area contributed by atoms with Crippen molar-refractivity contribution in [2.24, 2.45) is 11.7 Å². The lowest BCUT2D eigenvalue weighted by Crippen LogP contribution is -2.50. The molecule has 0 saturated carbocycles. The topological polar surface area (TPSA) is 56.7 Å². The van der Waals surface area contributed by atoms with Crippen molar-refractivity contribution in [2.75, 3.05) is 0 Å². The van der Waals surface area contributed by atoms with Crippen LogP contribution < -0.4 is 5.73 Å². The molecular formula is C10H12F6N4. The first-order chi connectivity index (χ1) is 8.94. The van der Waals surface area contributed by atoms with Crippen LogP contribution in [0.25, 0.3) is 0 Å². The minimum atomic E-state index is -4.83. The van der Waals surface area contributed by atoms with Crippen LogP contribution in [0.5, 0.6) is 0 Å². The molecule has 10 heteroatoms. The average Bonchev–Trinajstić information content (AvgIpc) is 2.68. The lowest BCUT2D eigenvalue weighted by Gasteiger charge is -2.31. The first-order valence-electron chi connectivity index (χ1n) is 5.79. The van der Waals surface area contributed by atoms with Gasteiger partial charge in [0.05, 0.1) is 5.92 Å². The maximum Gasteiger partial charge on any atom is 0.413 e. The van der Waals surface area contributed by atoms with Gasteiger partial charge in [0.2, 0.25) is 0 Å². The molecule has 2 N–H and O–H groups in total. The van der Waals surface area contributed by atoms with E-state index in [1.54, 1.807) is 0 Å². The Morgan fingerprint density at radius 2 is 1.75 bits per heavy atom. The Balaban J connectivity index is 2.40. The lowest BCUT2D eigenvalue weighted by molar-refractivity contribution is -0.190. The van der Waals surface area contributed by atoms with Gasteiger partial charge in [-0.25, -0.2) is 0 Å². The van der Waals surface area contributed by atoms with Gasteiger partial charge in [0, 0.05) is 13.0 Å². The summed E-state index contributed by atoms with van der Waals surface area (Å²) in [5.41, 5.74) is 2.37. The number of aryl methyl sites for hydroxylation is 1. The predicted molar refractivity (Wildman–Crippen MR) is 55.5 cm³/mol. The summed E-state index contributed by atoms with van der Waals surface area (Å²) in [6.07, 6.45) is -9.59. The zero-order valence-corrected chi connectivity index (χ0v) is 10.4. The molecule has 1 aromatic rings.